The molecule has 0 atom stereocenters. The standard InChI is InChI=1S/C32H24N10S8/c1-5-33-39(9-1)23-15-21(16-24(37-23)40-10-2-6-34-40)19-45-29-30(50-32(49-29)31-47-27-28(48-31)44-14-13-43-27)46-20-22-17-25(41-11-3-7-35-41)38-26(18-22)42-12-4-8-36-42/h1-12,15-18H,13-14,19-20H2. The average Bonchev–Trinajstić information content (AvgIpc) is 4.01. The first kappa shape index (κ1) is 33.0. The van der Waals surface area contributed by atoms with Crippen molar-refractivity contribution >= 4 is 94.1 Å². The first-order valence-electron chi connectivity index (χ1n) is 15.2. The summed E-state index contributed by atoms with van der Waals surface area (Å²) in [7, 11) is 0. The lowest BCUT2D eigenvalue weighted by molar-refractivity contribution is 0.800. The maximum absolute atomic E-state index is 4.85. The van der Waals surface area contributed by atoms with Gasteiger partial charge in [-0.25, -0.2) is 28.7 Å². The van der Waals surface area contributed by atoms with Gasteiger partial charge in [-0.15, -0.1) is 47.0 Å². The fraction of sp³-hybridized carbons (Fsp3) is 0.125. The molecule has 0 unspecified atom stereocenters. The van der Waals surface area contributed by atoms with Crippen LogP contribution in [0.5, 0.6) is 0 Å². The van der Waals surface area contributed by atoms with Crippen LogP contribution < -0.4 is 0 Å². The van der Waals surface area contributed by atoms with E-state index in [9.17, 15) is 0 Å². The molecule has 9 rings (SSSR count). The summed E-state index contributed by atoms with van der Waals surface area (Å²) < 4.78 is 15.5. The number of pyridine rings is 2. The van der Waals surface area contributed by atoms with E-state index < -0.39 is 0 Å². The molecule has 0 saturated heterocycles. The quantitative estimate of drug-likeness (QED) is 0.132. The van der Waals surface area contributed by atoms with Gasteiger partial charge in [0.15, 0.2) is 23.3 Å². The van der Waals surface area contributed by atoms with Crippen molar-refractivity contribution in [2.24, 2.45) is 0 Å². The van der Waals surface area contributed by atoms with E-state index in [4.69, 9.17) is 9.97 Å². The van der Waals surface area contributed by atoms with E-state index >= 15 is 0 Å². The minimum absolute atomic E-state index is 0.766. The summed E-state index contributed by atoms with van der Waals surface area (Å²) in [6.07, 6.45) is 14.8. The highest BCUT2D eigenvalue weighted by molar-refractivity contribution is 8.45. The molecule has 0 fully saturated rings. The maximum atomic E-state index is 4.85. The number of thioether (sulfide) groups is 8. The van der Waals surface area contributed by atoms with Gasteiger partial charge in [0.2, 0.25) is 0 Å². The number of aromatic nitrogens is 10. The molecular weight excluding hydrogens is 781 g/mol. The summed E-state index contributed by atoms with van der Waals surface area (Å²) in [5, 5.41) is 17.8. The Hall–Kier alpha value is -2.84. The molecule has 0 spiro atoms. The Bertz CT molecular complexity index is 1970. The molecule has 10 nitrogen and oxygen atoms in total. The van der Waals surface area contributed by atoms with E-state index in [0.29, 0.717) is 0 Å². The van der Waals surface area contributed by atoms with Gasteiger partial charge in [-0.3, -0.25) is 0 Å². The van der Waals surface area contributed by atoms with Gasteiger partial charge in [0.1, 0.15) is 0 Å². The summed E-state index contributed by atoms with van der Waals surface area (Å²) in [5.41, 5.74) is 2.31. The fourth-order valence-electron chi connectivity index (χ4n) is 5.00. The highest BCUT2D eigenvalue weighted by atomic mass is 32.3. The van der Waals surface area contributed by atoms with E-state index in [1.54, 1.807) is 43.5 Å². The van der Waals surface area contributed by atoms with E-state index in [2.05, 4.69) is 44.7 Å². The Morgan fingerprint density at radius 2 is 0.840 bits per heavy atom. The number of nitrogens with zero attached hydrogens (tertiary/aromatic N) is 10. The van der Waals surface area contributed by atoms with Crippen LogP contribution in [0.1, 0.15) is 11.1 Å². The van der Waals surface area contributed by atoms with Gasteiger partial charge >= 0.3 is 0 Å². The number of rotatable bonds is 10. The van der Waals surface area contributed by atoms with E-state index in [1.807, 2.05) is 143 Å². The third-order valence-corrected chi connectivity index (χ3v) is 19.2. The fourth-order valence-corrected chi connectivity index (χ4v) is 17.0. The molecule has 0 aromatic carbocycles. The number of hydrogen-bond donors (Lipinski definition) is 0. The minimum Gasteiger partial charge on any atom is -0.223 e. The van der Waals surface area contributed by atoms with Gasteiger partial charge < -0.3 is 0 Å². The molecule has 50 heavy (non-hydrogen) atoms. The Morgan fingerprint density at radius 1 is 0.480 bits per heavy atom. The van der Waals surface area contributed by atoms with Crippen molar-refractivity contribution < 1.29 is 0 Å². The smallest absolute Gasteiger partial charge is 0.156 e. The molecule has 3 aliphatic rings. The maximum Gasteiger partial charge on any atom is 0.156 e. The van der Waals surface area contributed by atoms with Crippen LogP contribution in [-0.2, 0) is 11.5 Å². The minimum atomic E-state index is 0.766. The van der Waals surface area contributed by atoms with Gasteiger partial charge in [0.05, 0.1) is 25.4 Å². The van der Waals surface area contributed by atoms with Crippen molar-refractivity contribution in [1.29, 1.82) is 0 Å². The zero-order chi connectivity index (χ0) is 33.3. The zero-order valence-electron chi connectivity index (χ0n) is 25.8. The molecule has 0 amide bonds. The highest BCUT2D eigenvalue weighted by Crippen LogP contribution is 2.67. The third kappa shape index (κ3) is 7.26. The van der Waals surface area contributed by atoms with Crippen molar-refractivity contribution in [2.45, 2.75) is 11.5 Å². The van der Waals surface area contributed by atoms with Gasteiger partial charge in [0.25, 0.3) is 0 Å². The molecule has 0 bridgehead atoms. The van der Waals surface area contributed by atoms with Crippen LogP contribution in [0.15, 0.2) is 124 Å². The lowest BCUT2D eigenvalue weighted by Crippen LogP contribution is -2.05. The van der Waals surface area contributed by atoms with Crippen molar-refractivity contribution in [3.63, 3.8) is 0 Å². The Labute approximate surface area is 321 Å². The molecular formula is C32H24N10S8. The first-order valence-corrected chi connectivity index (χ1v) is 22.4. The predicted octanol–water partition coefficient (Wildman–Crippen LogP) is 9.21. The summed E-state index contributed by atoms with van der Waals surface area (Å²) in [4.78, 5) is 9.71. The summed E-state index contributed by atoms with van der Waals surface area (Å²) in [5.74, 6) is 6.99. The Morgan fingerprint density at radius 3 is 1.18 bits per heavy atom. The topological polar surface area (TPSA) is 97.1 Å². The SMILES string of the molecule is c1cnn(-c2cc(CSC3=C(SCc4cc(-n5cccn5)nc(-n5cccn5)c4)SC(=C4SC5=C(SCCS5)S4)S3)cc(-n3cccn3)n2)c1. The summed E-state index contributed by atoms with van der Waals surface area (Å²) >= 11 is 15.5. The van der Waals surface area contributed by atoms with Crippen LogP contribution in [0.2, 0.25) is 0 Å². The molecule has 9 heterocycles. The van der Waals surface area contributed by atoms with Crippen molar-refractivity contribution in [2.75, 3.05) is 11.5 Å². The van der Waals surface area contributed by atoms with Crippen LogP contribution in [0.25, 0.3) is 23.3 Å². The van der Waals surface area contributed by atoms with Gasteiger partial charge in [-0.05, 0) is 59.7 Å². The lowest BCUT2D eigenvalue weighted by atomic mass is 10.3. The molecule has 6 aromatic heterocycles. The van der Waals surface area contributed by atoms with Crippen LogP contribution in [0.3, 0.4) is 0 Å². The van der Waals surface area contributed by atoms with Crippen LogP contribution >= 0.6 is 94.1 Å². The highest BCUT2D eigenvalue weighted by Gasteiger charge is 2.32. The predicted molar refractivity (Wildman–Crippen MR) is 216 cm³/mol. The van der Waals surface area contributed by atoms with Gasteiger partial charge in [0, 0.05) is 72.6 Å². The van der Waals surface area contributed by atoms with E-state index in [1.165, 1.54) is 36.9 Å². The summed E-state index contributed by atoms with van der Waals surface area (Å²) in [6.45, 7) is 0. The lowest BCUT2D eigenvalue weighted by Gasteiger charge is -2.11. The third-order valence-electron chi connectivity index (χ3n) is 7.20. The molecule has 18 heteroatoms. The first-order chi connectivity index (χ1) is 24.7. The van der Waals surface area contributed by atoms with Crippen molar-refractivity contribution in [1.82, 2.24) is 49.1 Å². The van der Waals surface area contributed by atoms with Crippen molar-refractivity contribution in [3.05, 3.63) is 135 Å². The second kappa shape index (κ2) is 15.0. The number of hydrogen-bond acceptors (Lipinski definition) is 14. The molecule has 250 valence electrons. The molecule has 0 aliphatic carbocycles. The van der Waals surface area contributed by atoms with Gasteiger partial charge in [-0.2, -0.15) is 20.4 Å². The molecule has 0 saturated carbocycles. The Kier molecular flexibility index (Phi) is 9.92. The second-order valence-electron chi connectivity index (χ2n) is 10.6. The molecule has 6 aromatic rings. The Balaban J connectivity index is 1.01. The second-order valence-corrected chi connectivity index (χ2v) is 20.4. The van der Waals surface area contributed by atoms with Crippen LogP contribution in [0, 0.1) is 0 Å². The van der Waals surface area contributed by atoms with Crippen LogP contribution in [-0.4, -0.2) is 60.6 Å². The normalized spacial score (nSPS) is 16.2. The monoisotopic (exact) mass is 804 g/mol. The molecule has 0 N–H and O–H groups in total. The zero-order valence-corrected chi connectivity index (χ0v) is 32.3. The average molecular weight is 805 g/mol. The van der Waals surface area contributed by atoms with Crippen molar-refractivity contribution in [3.8, 4) is 23.3 Å². The largest absolute Gasteiger partial charge is 0.223 e. The van der Waals surface area contributed by atoms with E-state index in [-0.39, 0.29) is 0 Å². The van der Waals surface area contributed by atoms with E-state index in [0.717, 1.165) is 45.9 Å². The summed E-state index contributed by atoms with van der Waals surface area (Å²) in [6, 6.07) is 16.1. The molecule has 3 aliphatic heterocycles. The molecule has 0 radical (unpaired) electrons. The van der Waals surface area contributed by atoms with Crippen LogP contribution in [0.4, 0.5) is 0 Å². The van der Waals surface area contributed by atoms with Gasteiger partial charge in [-0.1, -0.05) is 47.0 Å².